The summed E-state index contributed by atoms with van der Waals surface area (Å²) < 4.78 is 40.2. The molecule has 0 heterocycles. The van der Waals surface area contributed by atoms with Gasteiger partial charge < -0.3 is 0 Å². The molecule has 0 spiro atoms. The predicted molar refractivity (Wildman–Crippen MR) is 71.2 cm³/mol. The third-order valence-corrected chi connectivity index (χ3v) is 5.70. The van der Waals surface area contributed by atoms with Gasteiger partial charge in [-0.1, -0.05) is 6.92 Å². The molecule has 2 unspecified atom stereocenters. The molecule has 0 bridgehead atoms. The molecule has 0 aromatic heterocycles. The van der Waals surface area contributed by atoms with Crippen molar-refractivity contribution in [3.05, 3.63) is 28.5 Å². The van der Waals surface area contributed by atoms with Crippen LogP contribution in [0.3, 0.4) is 0 Å². The minimum absolute atomic E-state index is 0.0121. The maximum atomic E-state index is 12.9. The lowest BCUT2D eigenvalue weighted by atomic mass is 10.1. The van der Waals surface area contributed by atoms with Gasteiger partial charge in [-0.15, -0.1) is 0 Å². The average Bonchev–Trinajstić information content (AvgIpc) is 2.62. The van der Waals surface area contributed by atoms with Crippen LogP contribution in [0.25, 0.3) is 0 Å². The third-order valence-electron chi connectivity index (χ3n) is 3.20. The van der Waals surface area contributed by atoms with Gasteiger partial charge >= 0.3 is 0 Å². The van der Waals surface area contributed by atoms with Crippen LogP contribution < -0.4 is 4.72 Å². The van der Waals surface area contributed by atoms with Gasteiger partial charge in [0.2, 0.25) is 10.0 Å². The van der Waals surface area contributed by atoms with Gasteiger partial charge in [0.25, 0.3) is 0 Å². The molecule has 2 rings (SSSR count). The number of hydrogen-bond acceptors (Lipinski definition) is 2. The van der Waals surface area contributed by atoms with Gasteiger partial charge in [-0.3, -0.25) is 0 Å². The Balaban J connectivity index is 2.20. The Hall–Kier alpha value is -0.460. The largest absolute Gasteiger partial charge is 0.241 e. The number of nitrogens with one attached hydrogen (secondary N) is 1. The van der Waals surface area contributed by atoms with Crippen LogP contribution in [0.1, 0.15) is 26.2 Å². The van der Waals surface area contributed by atoms with Crippen LogP contribution in [0.5, 0.6) is 0 Å². The summed E-state index contributed by atoms with van der Waals surface area (Å²) in [5.41, 5.74) is 0. The maximum Gasteiger partial charge on any atom is 0.241 e. The molecule has 1 aliphatic carbocycles. The van der Waals surface area contributed by atoms with Crippen molar-refractivity contribution in [2.24, 2.45) is 5.92 Å². The van der Waals surface area contributed by atoms with Crippen molar-refractivity contribution in [1.29, 1.82) is 0 Å². The van der Waals surface area contributed by atoms with Crippen LogP contribution in [-0.4, -0.2) is 14.5 Å². The molecule has 100 valence electrons. The van der Waals surface area contributed by atoms with E-state index in [-0.39, 0.29) is 15.4 Å². The zero-order chi connectivity index (χ0) is 13.3. The third kappa shape index (κ3) is 3.10. The van der Waals surface area contributed by atoms with E-state index in [0.29, 0.717) is 5.92 Å². The summed E-state index contributed by atoms with van der Waals surface area (Å²) >= 11 is 3.09. The van der Waals surface area contributed by atoms with Gasteiger partial charge in [-0.2, -0.15) is 0 Å². The standard InChI is InChI=1S/C12H15BrFNO2S/c1-8-2-4-10(6-8)15-18(16,17)12-5-3-9(14)7-11(12)13/h3,5,7-8,10,15H,2,4,6H2,1H3. The molecule has 3 nitrogen and oxygen atoms in total. The van der Waals surface area contributed by atoms with Crippen LogP contribution >= 0.6 is 15.9 Å². The summed E-state index contributed by atoms with van der Waals surface area (Å²) in [4.78, 5) is 0.0865. The van der Waals surface area contributed by atoms with Gasteiger partial charge in [0.15, 0.2) is 0 Å². The second-order valence-electron chi connectivity index (χ2n) is 4.81. The number of sulfonamides is 1. The Labute approximate surface area is 115 Å². The first-order valence-electron chi connectivity index (χ1n) is 5.86. The fourth-order valence-electron chi connectivity index (χ4n) is 2.29. The lowest BCUT2D eigenvalue weighted by Gasteiger charge is -2.14. The van der Waals surface area contributed by atoms with Crippen LogP contribution in [0, 0.1) is 11.7 Å². The Bertz CT molecular complexity index is 547. The fraction of sp³-hybridized carbons (Fsp3) is 0.500. The van der Waals surface area contributed by atoms with Crippen molar-refractivity contribution in [3.8, 4) is 0 Å². The number of hydrogen-bond donors (Lipinski definition) is 1. The maximum absolute atomic E-state index is 12.9. The molecule has 6 heteroatoms. The lowest BCUT2D eigenvalue weighted by molar-refractivity contribution is 0.537. The van der Waals surface area contributed by atoms with E-state index >= 15 is 0 Å². The lowest BCUT2D eigenvalue weighted by Crippen LogP contribution is -2.33. The molecule has 0 amide bonds. The van der Waals surface area contributed by atoms with Crippen molar-refractivity contribution in [1.82, 2.24) is 4.72 Å². The van der Waals surface area contributed by atoms with Crippen LogP contribution in [-0.2, 0) is 10.0 Å². The Morgan fingerprint density at radius 2 is 2.11 bits per heavy atom. The summed E-state index contributed by atoms with van der Waals surface area (Å²) in [7, 11) is -3.58. The van der Waals surface area contributed by atoms with Crippen molar-refractivity contribution in [2.45, 2.75) is 37.1 Å². The van der Waals surface area contributed by atoms with E-state index in [4.69, 9.17) is 0 Å². The smallest absolute Gasteiger partial charge is 0.208 e. The monoisotopic (exact) mass is 335 g/mol. The number of halogens is 2. The molecule has 1 saturated carbocycles. The van der Waals surface area contributed by atoms with E-state index in [1.54, 1.807) is 0 Å². The molecule has 0 radical (unpaired) electrons. The van der Waals surface area contributed by atoms with E-state index in [1.807, 2.05) is 0 Å². The van der Waals surface area contributed by atoms with E-state index in [9.17, 15) is 12.8 Å². The molecule has 1 fully saturated rings. The average molecular weight is 336 g/mol. The quantitative estimate of drug-likeness (QED) is 0.922. The molecule has 1 aromatic carbocycles. The summed E-state index contributed by atoms with van der Waals surface area (Å²) in [5, 5.41) is 0. The highest BCUT2D eigenvalue weighted by Crippen LogP contribution is 2.28. The van der Waals surface area contributed by atoms with Gasteiger partial charge in [0.1, 0.15) is 5.82 Å². The topological polar surface area (TPSA) is 46.2 Å². The van der Waals surface area contributed by atoms with Gasteiger partial charge in [-0.25, -0.2) is 17.5 Å². The number of rotatable bonds is 3. The molecular formula is C12H15BrFNO2S. The van der Waals surface area contributed by atoms with Crippen molar-refractivity contribution >= 4 is 26.0 Å². The molecule has 0 aliphatic heterocycles. The minimum atomic E-state index is -3.58. The zero-order valence-corrected chi connectivity index (χ0v) is 12.4. The van der Waals surface area contributed by atoms with Crippen LogP contribution in [0.2, 0.25) is 0 Å². The normalized spacial score (nSPS) is 24.4. The fourth-order valence-corrected chi connectivity index (χ4v) is 4.62. The predicted octanol–water partition coefficient (Wildman–Crippen LogP) is 3.06. The Morgan fingerprint density at radius 3 is 2.67 bits per heavy atom. The van der Waals surface area contributed by atoms with Gasteiger partial charge in [-0.05, 0) is 59.3 Å². The van der Waals surface area contributed by atoms with E-state index in [2.05, 4.69) is 27.6 Å². The molecule has 1 aromatic rings. The summed E-state index contributed by atoms with van der Waals surface area (Å²) in [6.07, 6.45) is 2.76. The van der Waals surface area contributed by atoms with E-state index in [0.717, 1.165) is 31.4 Å². The second-order valence-corrected chi connectivity index (χ2v) is 7.35. The Kier molecular flexibility index (Phi) is 4.08. The highest BCUT2D eigenvalue weighted by Gasteiger charge is 2.27. The molecule has 0 saturated heterocycles. The first-order valence-corrected chi connectivity index (χ1v) is 8.13. The molecular weight excluding hydrogens is 321 g/mol. The van der Waals surface area contributed by atoms with Crippen LogP contribution in [0.15, 0.2) is 27.6 Å². The highest BCUT2D eigenvalue weighted by molar-refractivity contribution is 9.10. The molecule has 18 heavy (non-hydrogen) atoms. The highest BCUT2D eigenvalue weighted by atomic mass is 79.9. The van der Waals surface area contributed by atoms with Crippen LogP contribution in [0.4, 0.5) is 4.39 Å². The van der Waals surface area contributed by atoms with Crippen molar-refractivity contribution in [3.63, 3.8) is 0 Å². The molecule has 1 aliphatic rings. The van der Waals surface area contributed by atoms with E-state index < -0.39 is 15.8 Å². The minimum Gasteiger partial charge on any atom is -0.208 e. The summed E-state index contributed by atoms with van der Waals surface area (Å²) in [5.74, 6) is 0.0877. The SMILES string of the molecule is CC1CCC(NS(=O)(=O)c2ccc(F)cc2Br)C1. The summed E-state index contributed by atoms with van der Waals surface area (Å²) in [6, 6.07) is 3.57. The zero-order valence-electron chi connectivity index (χ0n) is 9.99. The first-order chi connectivity index (χ1) is 8.38. The first kappa shape index (κ1) is 14.0. The summed E-state index contributed by atoms with van der Waals surface area (Å²) in [6.45, 7) is 2.11. The Morgan fingerprint density at radius 1 is 1.39 bits per heavy atom. The molecule has 1 N–H and O–H groups in total. The van der Waals surface area contributed by atoms with Crippen molar-refractivity contribution in [2.75, 3.05) is 0 Å². The van der Waals surface area contributed by atoms with Crippen molar-refractivity contribution < 1.29 is 12.8 Å². The second kappa shape index (κ2) is 5.27. The van der Waals surface area contributed by atoms with Gasteiger partial charge in [0, 0.05) is 10.5 Å². The van der Waals surface area contributed by atoms with Gasteiger partial charge in [0.05, 0.1) is 4.90 Å². The van der Waals surface area contributed by atoms with E-state index in [1.165, 1.54) is 6.07 Å². The molecule has 2 atom stereocenters. The number of benzene rings is 1.